The highest BCUT2D eigenvalue weighted by Gasteiger charge is 2.38. The van der Waals surface area contributed by atoms with E-state index in [4.69, 9.17) is 0 Å². The number of aryl methyl sites for hydroxylation is 1. The molecular formula is C17H18F2N2OS. The molecule has 1 aromatic carbocycles. The lowest BCUT2D eigenvalue weighted by Crippen LogP contribution is -2.29. The largest absolute Gasteiger partial charge is 0.407 e. The van der Waals surface area contributed by atoms with E-state index in [-0.39, 0.29) is 18.3 Å². The standard InChI is InChI=1S/C17H18F2N2OS/c1-2-3-12-4-6-13(7-5-12)14-8-20-16(21-9-14)15-10-22-17(18,19)23-11-15/h4-9,15H,2-3,10-11H2,1H3. The fraction of sp³-hybridized carbons (Fsp3) is 0.412. The average Bonchev–Trinajstić information content (AvgIpc) is 2.56. The van der Waals surface area contributed by atoms with Crippen LogP contribution in [0.25, 0.3) is 11.1 Å². The summed E-state index contributed by atoms with van der Waals surface area (Å²) in [6.45, 7) is 2.11. The first kappa shape index (κ1) is 16.3. The molecule has 1 aliphatic rings. The van der Waals surface area contributed by atoms with Crippen molar-refractivity contribution in [3.63, 3.8) is 0 Å². The van der Waals surface area contributed by atoms with Gasteiger partial charge in [0.15, 0.2) is 0 Å². The Hall–Kier alpha value is -1.53. The molecule has 0 spiro atoms. The zero-order valence-electron chi connectivity index (χ0n) is 12.8. The van der Waals surface area contributed by atoms with Crippen molar-refractivity contribution in [2.45, 2.75) is 31.1 Å². The highest BCUT2D eigenvalue weighted by molar-refractivity contribution is 8.00. The van der Waals surface area contributed by atoms with Crippen molar-refractivity contribution in [1.29, 1.82) is 0 Å². The minimum Gasteiger partial charge on any atom is -0.311 e. The number of rotatable bonds is 4. The van der Waals surface area contributed by atoms with E-state index < -0.39 is 5.44 Å². The van der Waals surface area contributed by atoms with Crippen molar-refractivity contribution in [2.24, 2.45) is 0 Å². The third kappa shape index (κ3) is 4.06. The molecule has 1 aromatic heterocycles. The number of hydrogen-bond donors (Lipinski definition) is 0. The Morgan fingerprint density at radius 3 is 2.43 bits per heavy atom. The number of alkyl halides is 2. The van der Waals surface area contributed by atoms with E-state index in [0.717, 1.165) is 24.0 Å². The molecule has 0 radical (unpaired) electrons. The van der Waals surface area contributed by atoms with Gasteiger partial charge < -0.3 is 4.74 Å². The second-order valence-corrected chi connectivity index (χ2v) is 6.66. The first-order valence-electron chi connectivity index (χ1n) is 7.64. The minimum atomic E-state index is -3.09. The van der Waals surface area contributed by atoms with Gasteiger partial charge in [-0.2, -0.15) is 8.78 Å². The van der Waals surface area contributed by atoms with Crippen molar-refractivity contribution >= 4 is 11.8 Å². The maximum Gasteiger partial charge on any atom is 0.407 e. The van der Waals surface area contributed by atoms with Crippen LogP contribution < -0.4 is 0 Å². The van der Waals surface area contributed by atoms with E-state index in [9.17, 15) is 8.78 Å². The molecule has 1 unspecified atom stereocenters. The summed E-state index contributed by atoms with van der Waals surface area (Å²) >= 11 is 0.495. The van der Waals surface area contributed by atoms with Crippen LogP contribution in [0.4, 0.5) is 8.78 Å². The van der Waals surface area contributed by atoms with E-state index in [1.165, 1.54) is 5.56 Å². The molecule has 1 fully saturated rings. The molecule has 2 aromatic rings. The Kier molecular flexibility index (Phi) is 4.92. The Morgan fingerprint density at radius 1 is 1.17 bits per heavy atom. The Morgan fingerprint density at radius 2 is 1.87 bits per heavy atom. The van der Waals surface area contributed by atoms with Crippen molar-refractivity contribution < 1.29 is 13.5 Å². The highest BCUT2D eigenvalue weighted by atomic mass is 32.2. The fourth-order valence-electron chi connectivity index (χ4n) is 2.48. The molecule has 1 saturated heterocycles. The number of thioether (sulfide) groups is 1. The first-order valence-corrected chi connectivity index (χ1v) is 8.63. The number of halogens is 2. The van der Waals surface area contributed by atoms with Crippen LogP contribution in [0.5, 0.6) is 0 Å². The molecule has 1 atom stereocenters. The molecule has 0 N–H and O–H groups in total. The van der Waals surface area contributed by atoms with Crippen LogP contribution in [-0.2, 0) is 11.2 Å². The Balaban J connectivity index is 1.69. The van der Waals surface area contributed by atoms with E-state index in [2.05, 4.69) is 45.9 Å². The van der Waals surface area contributed by atoms with Crippen molar-refractivity contribution in [3.8, 4) is 11.1 Å². The van der Waals surface area contributed by atoms with E-state index >= 15 is 0 Å². The monoisotopic (exact) mass is 336 g/mol. The van der Waals surface area contributed by atoms with Crippen molar-refractivity contribution in [3.05, 3.63) is 48.0 Å². The SMILES string of the molecule is CCCc1ccc(-c2cnc(C3COC(F)(F)SC3)nc2)cc1. The van der Waals surface area contributed by atoms with Gasteiger partial charge in [0.2, 0.25) is 0 Å². The zero-order valence-corrected chi connectivity index (χ0v) is 13.7. The van der Waals surface area contributed by atoms with Gasteiger partial charge in [-0.05, 0) is 17.5 Å². The lowest BCUT2D eigenvalue weighted by molar-refractivity contribution is -0.170. The van der Waals surface area contributed by atoms with Crippen LogP contribution >= 0.6 is 11.8 Å². The summed E-state index contributed by atoms with van der Waals surface area (Å²) in [5.41, 5.74) is 0.200. The Bertz CT molecular complexity index is 637. The summed E-state index contributed by atoms with van der Waals surface area (Å²) in [6.07, 6.45) is 5.68. The van der Waals surface area contributed by atoms with Crippen molar-refractivity contribution in [2.75, 3.05) is 12.4 Å². The summed E-state index contributed by atoms with van der Waals surface area (Å²) in [5.74, 6) is 0.623. The smallest absolute Gasteiger partial charge is 0.311 e. The second-order valence-electron chi connectivity index (χ2n) is 5.56. The fourth-order valence-corrected chi connectivity index (χ4v) is 3.28. The lowest BCUT2D eigenvalue weighted by Gasteiger charge is -2.26. The third-order valence-corrected chi connectivity index (χ3v) is 4.79. The van der Waals surface area contributed by atoms with Crippen molar-refractivity contribution in [1.82, 2.24) is 9.97 Å². The molecule has 6 heteroatoms. The second kappa shape index (κ2) is 6.93. The molecule has 0 saturated carbocycles. The summed E-state index contributed by atoms with van der Waals surface area (Å²) in [4.78, 5) is 8.67. The molecular weight excluding hydrogens is 318 g/mol. The van der Waals surface area contributed by atoms with Gasteiger partial charge in [-0.25, -0.2) is 9.97 Å². The highest BCUT2D eigenvalue weighted by Crippen LogP contribution is 2.39. The summed E-state index contributed by atoms with van der Waals surface area (Å²) in [5, 5.41) is 0. The molecule has 3 rings (SSSR count). The van der Waals surface area contributed by atoms with Gasteiger partial charge in [0, 0.05) is 23.7 Å². The Labute approximate surface area is 138 Å². The third-order valence-electron chi connectivity index (χ3n) is 3.77. The quantitative estimate of drug-likeness (QED) is 0.824. The number of hydrogen-bond acceptors (Lipinski definition) is 4. The van der Waals surface area contributed by atoms with Crippen LogP contribution in [0.3, 0.4) is 0 Å². The van der Waals surface area contributed by atoms with Crippen LogP contribution in [0.15, 0.2) is 36.7 Å². The molecule has 1 aliphatic heterocycles. The van der Waals surface area contributed by atoms with Gasteiger partial charge in [0.05, 0.1) is 12.5 Å². The predicted octanol–water partition coefficient (Wildman–Crippen LogP) is 4.49. The molecule has 23 heavy (non-hydrogen) atoms. The van der Waals surface area contributed by atoms with Crippen LogP contribution in [0.1, 0.15) is 30.7 Å². The average molecular weight is 336 g/mol. The summed E-state index contributed by atoms with van der Waals surface area (Å²) in [6, 6.07) is 8.34. The molecule has 0 amide bonds. The maximum absolute atomic E-state index is 13.0. The minimum absolute atomic E-state index is 0.0505. The topological polar surface area (TPSA) is 35.0 Å². The van der Waals surface area contributed by atoms with Gasteiger partial charge >= 0.3 is 5.44 Å². The summed E-state index contributed by atoms with van der Waals surface area (Å²) in [7, 11) is 0. The van der Waals surface area contributed by atoms with Gasteiger partial charge in [-0.1, -0.05) is 49.4 Å². The molecule has 2 heterocycles. The van der Waals surface area contributed by atoms with E-state index in [1.54, 1.807) is 12.4 Å². The number of aromatic nitrogens is 2. The molecule has 122 valence electrons. The maximum atomic E-state index is 13.0. The first-order chi connectivity index (χ1) is 11.1. The van der Waals surface area contributed by atoms with E-state index in [1.807, 2.05) is 0 Å². The number of ether oxygens (including phenoxy) is 1. The van der Waals surface area contributed by atoms with Gasteiger partial charge in [-0.15, -0.1) is 0 Å². The van der Waals surface area contributed by atoms with Crippen LogP contribution in [0.2, 0.25) is 0 Å². The van der Waals surface area contributed by atoms with E-state index in [0.29, 0.717) is 17.6 Å². The molecule has 3 nitrogen and oxygen atoms in total. The molecule has 0 aliphatic carbocycles. The summed E-state index contributed by atoms with van der Waals surface area (Å²) < 4.78 is 30.5. The lowest BCUT2D eigenvalue weighted by atomic mass is 10.0. The van der Waals surface area contributed by atoms with Gasteiger partial charge in [0.1, 0.15) is 5.82 Å². The van der Waals surface area contributed by atoms with Gasteiger partial charge in [0.25, 0.3) is 0 Å². The van der Waals surface area contributed by atoms with Gasteiger partial charge in [-0.3, -0.25) is 0 Å². The van der Waals surface area contributed by atoms with Crippen LogP contribution in [0, 0.1) is 0 Å². The molecule has 0 bridgehead atoms. The van der Waals surface area contributed by atoms with Crippen LogP contribution in [-0.4, -0.2) is 27.8 Å². The predicted molar refractivity (Wildman–Crippen MR) is 87.6 cm³/mol. The number of nitrogens with zero attached hydrogens (tertiary/aromatic N) is 2. The normalized spacial score (nSPS) is 20.4. The zero-order chi connectivity index (χ0) is 16.3. The number of benzene rings is 1.